The van der Waals surface area contributed by atoms with Crippen LogP contribution in [0.25, 0.3) is 12.2 Å². The Kier molecular flexibility index (Phi) is 6.29. The number of nitrogens with one attached hydrogen (secondary N) is 2. The molecule has 128 valence electrons. The van der Waals surface area contributed by atoms with E-state index in [1.54, 1.807) is 0 Å². The predicted molar refractivity (Wildman–Crippen MR) is 101 cm³/mol. The van der Waals surface area contributed by atoms with E-state index in [2.05, 4.69) is 10.6 Å². The molecule has 2 aromatic carbocycles. The summed E-state index contributed by atoms with van der Waals surface area (Å²) in [5, 5.41) is 5.35. The Morgan fingerprint density at radius 2 is 1.36 bits per heavy atom. The van der Waals surface area contributed by atoms with Crippen LogP contribution < -0.4 is 10.6 Å². The quantitative estimate of drug-likeness (QED) is 0.601. The minimum atomic E-state index is 0.519. The Morgan fingerprint density at radius 3 is 1.88 bits per heavy atom. The zero-order chi connectivity index (χ0) is 18.2. The first-order chi connectivity index (χ1) is 12.0. The molecule has 0 aromatic heterocycles. The Labute approximate surface area is 148 Å². The SMILES string of the molecule is Cc1cccc(/C=C(NC=O)/C(=C/c2ccc(C)c(C)c2)NC=O)c1. The molecule has 0 spiro atoms. The van der Waals surface area contributed by atoms with Crippen molar-refractivity contribution in [3.63, 3.8) is 0 Å². The summed E-state index contributed by atoms with van der Waals surface area (Å²) < 4.78 is 0. The molecule has 0 atom stereocenters. The van der Waals surface area contributed by atoms with Crippen molar-refractivity contribution in [2.75, 3.05) is 0 Å². The molecule has 2 rings (SSSR count). The monoisotopic (exact) mass is 334 g/mol. The lowest BCUT2D eigenvalue weighted by Crippen LogP contribution is -2.21. The summed E-state index contributed by atoms with van der Waals surface area (Å²) in [5.41, 5.74) is 6.38. The summed E-state index contributed by atoms with van der Waals surface area (Å²) in [6, 6.07) is 13.9. The van der Waals surface area contributed by atoms with Gasteiger partial charge in [-0.3, -0.25) is 9.59 Å². The standard InChI is InChI=1S/C21H22N2O2/c1-15-5-4-6-18(9-15)11-20(22-13-24)21(23-14-25)12-19-8-7-16(2)17(3)10-19/h4-14H,1-3H3,(H,22,24)(H,23,25)/b20-11-,21-12-. The fourth-order valence-corrected chi connectivity index (χ4v) is 2.47. The van der Waals surface area contributed by atoms with Crippen LogP contribution in [0.5, 0.6) is 0 Å². The molecule has 0 radical (unpaired) electrons. The van der Waals surface area contributed by atoms with Gasteiger partial charge in [0, 0.05) is 0 Å². The number of rotatable bonds is 7. The highest BCUT2D eigenvalue weighted by molar-refractivity contribution is 5.72. The number of aryl methyl sites for hydroxylation is 3. The van der Waals surface area contributed by atoms with Gasteiger partial charge in [-0.05, 0) is 55.2 Å². The van der Waals surface area contributed by atoms with Crippen molar-refractivity contribution in [2.24, 2.45) is 0 Å². The molecule has 0 bridgehead atoms. The second-order valence-corrected chi connectivity index (χ2v) is 5.90. The van der Waals surface area contributed by atoms with E-state index in [0.29, 0.717) is 24.2 Å². The molecule has 0 aliphatic carbocycles. The van der Waals surface area contributed by atoms with E-state index in [0.717, 1.165) is 22.3 Å². The molecule has 2 amide bonds. The zero-order valence-electron chi connectivity index (χ0n) is 14.7. The van der Waals surface area contributed by atoms with Crippen LogP contribution in [0.2, 0.25) is 0 Å². The van der Waals surface area contributed by atoms with E-state index in [1.165, 1.54) is 5.56 Å². The fourth-order valence-electron chi connectivity index (χ4n) is 2.47. The van der Waals surface area contributed by atoms with Gasteiger partial charge in [-0.1, -0.05) is 48.0 Å². The van der Waals surface area contributed by atoms with Crippen molar-refractivity contribution in [3.8, 4) is 0 Å². The largest absolute Gasteiger partial charge is 0.327 e. The number of hydrogen-bond acceptors (Lipinski definition) is 2. The average molecular weight is 334 g/mol. The van der Waals surface area contributed by atoms with Gasteiger partial charge in [0.2, 0.25) is 12.8 Å². The summed E-state index contributed by atoms with van der Waals surface area (Å²) in [7, 11) is 0. The minimum absolute atomic E-state index is 0.519. The van der Waals surface area contributed by atoms with E-state index in [-0.39, 0.29) is 0 Å². The number of carbonyl (C=O) groups excluding carboxylic acids is 2. The highest BCUT2D eigenvalue weighted by Crippen LogP contribution is 2.17. The molecule has 0 heterocycles. The Bertz CT molecular complexity index is 836. The number of carbonyl (C=O) groups is 2. The molecule has 0 saturated heterocycles. The molecule has 0 fully saturated rings. The normalized spacial score (nSPS) is 11.8. The third-order valence-electron chi connectivity index (χ3n) is 3.91. The average Bonchev–Trinajstić information content (AvgIpc) is 2.57. The minimum Gasteiger partial charge on any atom is -0.327 e. The molecule has 4 heteroatoms. The van der Waals surface area contributed by atoms with Crippen LogP contribution in [-0.4, -0.2) is 12.8 Å². The second kappa shape index (κ2) is 8.64. The molecule has 0 saturated carbocycles. The maximum Gasteiger partial charge on any atom is 0.211 e. The first-order valence-electron chi connectivity index (χ1n) is 8.01. The predicted octanol–water partition coefficient (Wildman–Crippen LogP) is 3.49. The maximum atomic E-state index is 11.0. The highest BCUT2D eigenvalue weighted by atomic mass is 16.1. The van der Waals surface area contributed by atoms with Crippen LogP contribution in [0.4, 0.5) is 0 Å². The van der Waals surface area contributed by atoms with Crippen molar-refractivity contribution in [1.82, 2.24) is 10.6 Å². The van der Waals surface area contributed by atoms with Crippen LogP contribution >= 0.6 is 0 Å². The van der Waals surface area contributed by atoms with E-state index in [1.807, 2.05) is 75.4 Å². The van der Waals surface area contributed by atoms with Crippen LogP contribution in [0.1, 0.15) is 27.8 Å². The summed E-state index contributed by atoms with van der Waals surface area (Å²) in [4.78, 5) is 22.1. The van der Waals surface area contributed by atoms with Crippen molar-refractivity contribution in [1.29, 1.82) is 0 Å². The van der Waals surface area contributed by atoms with Crippen LogP contribution in [0.15, 0.2) is 53.9 Å². The molecular formula is C21H22N2O2. The van der Waals surface area contributed by atoms with Crippen LogP contribution in [-0.2, 0) is 9.59 Å². The Balaban J connectivity index is 2.48. The maximum absolute atomic E-state index is 11.0. The van der Waals surface area contributed by atoms with Gasteiger partial charge in [-0.2, -0.15) is 0 Å². The van der Waals surface area contributed by atoms with Crippen molar-refractivity contribution >= 4 is 25.0 Å². The Morgan fingerprint density at radius 1 is 0.760 bits per heavy atom. The molecule has 25 heavy (non-hydrogen) atoms. The van der Waals surface area contributed by atoms with E-state index in [9.17, 15) is 9.59 Å². The number of hydrogen-bond donors (Lipinski definition) is 2. The first kappa shape index (κ1) is 18.2. The van der Waals surface area contributed by atoms with Crippen molar-refractivity contribution in [2.45, 2.75) is 20.8 Å². The highest BCUT2D eigenvalue weighted by Gasteiger charge is 2.06. The van der Waals surface area contributed by atoms with Gasteiger partial charge in [0.25, 0.3) is 0 Å². The molecular weight excluding hydrogens is 312 g/mol. The summed E-state index contributed by atoms with van der Waals surface area (Å²) >= 11 is 0. The molecule has 0 aliphatic heterocycles. The topological polar surface area (TPSA) is 58.2 Å². The molecule has 0 unspecified atom stereocenters. The van der Waals surface area contributed by atoms with Gasteiger partial charge in [0.05, 0.1) is 11.4 Å². The molecule has 0 aliphatic rings. The van der Waals surface area contributed by atoms with Crippen molar-refractivity contribution < 1.29 is 9.59 Å². The van der Waals surface area contributed by atoms with Crippen LogP contribution in [0, 0.1) is 20.8 Å². The molecule has 2 aromatic rings. The molecule has 4 nitrogen and oxygen atoms in total. The number of amides is 2. The third-order valence-corrected chi connectivity index (χ3v) is 3.91. The van der Waals surface area contributed by atoms with Crippen molar-refractivity contribution in [3.05, 3.63) is 81.7 Å². The zero-order valence-corrected chi connectivity index (χ0v) is 14.7. The van der Waals surface area contributed by atoms with E-state index in [4.69, 9.17) is 0 Å². The summed E-state index contributed by atoms with van der Waals surface area (Å²) in [6.07, 6.45) is 4.86. The van der Waals surface area contributed by atoms with E-state index < -0.39 is 0 Å². The number of benzene rings is 2. The van der Waals surface area contributed by atoms with Gasteiger partial charge >= 0.3 is 0 Å². The molecule has 2 N–H and O–H groups in total. The Hall–Kier alpha value is -3.14. The lowest BCUT2D eigenvalue weighted by Gasteiger charge is -2.11. The third kappa shape index (κ3) is 5.18. The lowest BCUT2D eigenvalue weighted by molar-refractivity contribution is -0.110. The van der Waals surface area contributed by atoms with Gasteiger partial charge in [0.1, 0.15) is 0 Å². The first-order valence-corrected chi connectivity index (χ1v) is 8.01. The summed E-state index contributed by atoms with van der Waals surface area (Å²) in [6.45, 7) is 6.08. The van der Waals surface area contributed by atoms with Gasteiger partial charge < -0.3 is 10.6 Å². The lowest BCUT2D eigenvalue weighted by atomic mass is 10.0. The van der Waals surface area contributed by atoms with Gasteiger partial charge in [-0.15, -0.1) is 0 Å². The van der Waals surface area contributed by atoms with E-state index >= 15 is 0 Å². The fraction of sp³-hybridized carbons (Fsp3) is 0.143. The van der Waals surface area contributed by atoms with Gasteiger partial charge in [0.15, 0.2) is 0 Å². The van der Waals surface area contributed by atoms with Crippen LogP contribution in [0.3, 0.4) is 0 Å². The van der Waals surface area contributed by atoms with Gasteiger partial charge in [-0.25, -0.2) is 0 Å². The summed E-state index contributed by atoms with van der Waals surface area (Å²) in [5.74, 6) is 0. The smallest absolute Gasteiger partial charge is 0.211 e. The second-order valence-electron chi connectivity index (χ2n) is 5.90.